The minimum Gasteiger partial charge on any atom is -0.378 e. The van der Waals surface area contributed by atoms with E-state index in [0.29, 0.717) is 0 Å². The molecule has 1 aliphatic heterocycles. The molecular weight excluding hydrogens is 410 g/mol. The van der Waals surface area contributed by atoms with Crippen LogP contribution in [0, 0.1) is 0 Å². The maximum absolute atomic E-state index is 5.45. The topological polar surface area (TPSA) is 37.4 Å². The Morgan fingerprint density at radius 1 is 1.09 bits per heavy atom. The van der Waals surface area contributed by atoms with E-state index in [4.69, 9.17) is 4.74 Å². The summed E-state index contributed by atoms with van der Waals surface area (Å²) in [6.45, 7) is 4.18. The largest absolute Gasteiger partial charge is 0.378 e. The van der Waals surface area contributed by atoms with E-state index in [1.54, 1.807) is 6.20 Å². The highest BCUT2D eigenvalue weighted by molar-refractivity contribution is 9.10. The van der Waals surface area contributed by atoms with E-state index in [-0.39, 0.29) is 0 Å². The van der Waals surface area contributed by atoms with E-state index in [2.05, 4.69) is 65.3 Å². The molecule has 0 bridgehead atoms. The summed E-state index contributed by atoms with van der Waals surface area (Å²) in [5.41, 5.74) is 2.51. The van der Waals surface area contributed by atoms with E-state index in [0.717, 1.165) is 47.6 Å². The van der Waals surface area contributed by atoms with Crippen LogP contribution in [0.4, 0.5) is 11.5 Å². The molecule has 1 fully saturated rings. The summed E-state index contributed by atoms with van der Waals surface area (Å²) in [5, 5.41) is 3.38. The van der Waals surface area contributed by atoms with E-state index >= 15 is 0 Å². The Balaban J connectivity index is 1.76. The molecule has 2 heterocycles. The van der Waals surface area contributed by atoms with Crippen molar-refractivity contribution in [2.45, 2.75) is 6.54 Å². The van der Waals surface area contributed by atoms with Crippen molar-refractivity contribution in [3.8, 4) is 0 Å². The molecule has 0 unspecified atom stereocenters. The molecule has 0 amide bonds. The standard InChI is InChI=1S/C16H17Br2N3O/c17-13-2-1-12(10-19-16-4-3-14(18)11-20-16)15(9-13)21-5-7-22-8-6-21/h1-4,9,11H,5-8,10H2,(H,19,20). The first-order valence-corrected chi connectivity index (χ1v) is 8.77. The Morgan fingerprint density at radius 3 is 2.59 bits per heavy atom. The molecule has 1 aromatic carbocycles. The molecule has 3 rings (SSSR count). The van der Waals surface area contributed by atoms with Crippen molar-refractivity contribution in [3.05, 3.63) is 51.0 Å². The van der Waals surface area contributed by atoms with Gasteiger partial charge in [-0.25, -0.2) is 4.98 Å². The SMILES string of the molecule is Brc1ccc(NCc2ccc(Br)cc2N2CCOCC2)nc1. The Kier molecular flexibility index (Phi) is 5.33. The number of nitrogens with zero attached hydrogens (tertiary/aromatic N) is 2. The van der Waals surface area contributed by atoms with Crippen molar-refractivity contribution in [1.29, 1.82) is 0 Å². The second-order valence-corrected chi connectivity index (χ2v) is 6.92. The number of benzene rings is 1. The van der Waals surface area contributed by atoms with Crippen LogP contribution in [0.3, 0.4) is 0 Å². The molecule has 4 nitrogen and oxygen atoms in total. The van der Waals surface area contributed by atoms with Crippen LogP contribution in [0.1, 0.15) is 5.56 Å². The number of anilines is 2. The van der Waals surface area contributed by atoms with Gasteiger partial charge < -0.3 is 15.0 Å². The fraction of sp³-hybridized carbons (Fsp3) is 0.312. The van der Waals surface area contributed by atoms with Crippen molar-refractivity contribution in [1.82, 2.24) is 4.98 Å². The van der Waals surface area contributed by atoms with Gasteiger partial charge in [-0.3, -0.25) is 0 Å². The Bertz CT molecular complexity index is 628. The van der Waals surface area contributed by atoms with Crippen molar-refractivity contribution < 1.29 is 4.74 Å². The lowest BCUT2D eigenvalue weighted by atomic mass is 10.1. The van der Waals surface area contributed by atoms with E-state index in [1.807, 2.05) is 12.1 Å². The lowest BCUT2D eigenvalue weighted by Crippen LogP contribution is -2.36. The first-order chi connectivity index (χ1) is 10.7. The fourth-order valence-electron chi connectivity index (χ4n) is 2.45. The summed E-state index contributed by atoms with van der Waals surface area (Å²) < 4.78 is 7.53. The lowest BCUT2D eigenvalue weighted by Gasteiger charge is -2.31. The van der Waals surface area contributed by atoms with Gasteiger partial charge in [0, 0.05) is 40.5 Å². The molecule has 22 heavy (non-hydrogen) atoms. The molecule has 0 atom stereocenters. The molecular formula is C16H17Br2N3O. The van der Waals surface area contributed by atoms with Gasteiger partial charge in [-0.2, -0.15) is 0 Å². The molecule has 1 aromatic heterocycles. The molecule has 2 aromatic rings. The van der Waals surface area contributed by atoms with E-state index in [1.165, 1.54) is 11.3 Å². The molecule has 0 radical (unpaired) electrons. The van der Waals surface area contributed by atoms with Crippen molar-refractivity contribution in [3.63, 3.8) is 0 Å². The predicted molar refractivity (Wildman–Crippen MR) is 96.4 cm³/mol. The molecule has 0 spiro atoms. The van der Waals surface area contributed by atoms with E-state index < -0.39 is 0 Å². The number of nitrogens with one attached hydrogen (secondary N) is 1. The predicted octanol–water partition coefficient (Wildman–Crippen LogP) is 4.06. The number of rotatable bonds is 4. The summed E-state index contributed by atoms with van der Waals surface area (Å²) in [6.07, 6.45) is 1.80. The first kappa shape index (κ1) is 15.8. The minimum absolute atomic E-state index is 0.745. The smallest absolute Gasteiger partial charge is 0.126 e. The van der Waals surface area contributed by atoms with Crippen molar-refractivity contribution in [2.24, 2.45) is 0 Å². The first-order valence-electron chi connectivity index (χ1n) is 7.19. The molecule has 1 N–H and O–H groups in total. The zero-order valence-corrected chi connectivity index (χ0v) is 15.2. The molecule has 0 aliphatic carbocycles. The van der Waals surface area contributed by atoms with E-state index in [9.17, 15) is 0 Å². The van der Waals surface area contributed by atoms with Crippen LogP contribution in [0.25, 0.3) is 0 Å². The van der Waals surface area contributed by atoms with Gasteiger partial charge in [0.15, 0.2) is 0 Å². The Hall–Kier alpha value is -1.11. The van der Waals surface area contributed by atoms with Gasteiger partial charge in [-0.15, -0.1) is 0 Å². The Labute approximate surface area is 147 Å². The van der Waals surface area contributed by atoms with Gasteiger partial charge in [-0.05, 0) is 45.8 Å². The van der Waals surface area contributed by atoms with Crippen LogP contribution in [0.15, 0.2) is 45.5 Å². The zero-order valence-electron chi connectivity index (χ0n) is 12.1. The molecule has 1 aliphatic rings. The van der Waals surface area contributed by atoms with Gasteiger partial charge in [0.2, 0.25) is 0 Å². The minimum atomic E-state index is 0.745. The normalized spacial score (nSPS) is 14.9. The highest BCUT2D eigenvalue weighted by Gasteiger charge is 2.15. The highest BCUT2D eigenvalue weighted by atomic mass is 79.9. The number of hydrogen-bond donors (Lipinski definition) is 1. The van der Waals surface area contributed by atoms with Gasteiger partial charge in [0.25, 0.3) is 0 Å². The number of hydrogen-bond acceptors (Lipinski definition) is 4. The number of aromatic nitrogens is 1. The average molecular weight is 427 g/mol. The van der Waals surface area contributed by atoms with Gasteiger partial charge in [0.1, 0.15) is 5.82 Å². The highest BCUT2D eigenvalue weighted by Crippen LogP contribution is 2.26. The number of morpholine rings is 1. The summed E-state index contributed by atoms with van der Waals surface area (Å²) in [4.78, 5) is 6.73. The lowest BCUT2D eigenvalue weighted by molar-refractivity contribution is 0.122. The quantitative estimate of drug-likeness (QED) is 0.799. The van der Waals surface area contributed by atoms with Crippen LogP contribution in [-0.2, 0) is 11.3 Å². The van der Waals surface area contributed by atoms with Gasteiger partial charge in [-0.1, -0.05) is 22.0 Å². The number of pyridine rings is 1. The third-order valence-electron chi connectivity index (χ3n) is 3.59. The van der Waals surface area contributed by atoms with Crippen LogP contribution in [0.5, 0.6) is 0 Å². The average Bonchev–Trinajstić information content (AvgIpc) is 2.56. The molecule has 0 saturated carbocycles. The summed E-state index contributed by atoms with van der Waals surface area (Å²) in [7, 11) is 0. The fourth-order valence-corrected chi connectivity index (χ4v) is 3.03. The van der Waals surface area contributed by atoms with Gasteiger partial charge in [0.05, 0.1) is 13.2 Å². The van der Waals surface area contributed by atoms with Gasteiger partial charge >= 0.3 is 0 Å². The summed E-state index contributed by atoms with van der Waals surface area (Å²) in [6, 6.07) is 10.4. The Morgan fingerprint density at radius 2 is 1.86 bits per heavy atom. The van der Waals surface area contributed by atoms with Crippen molar-refractivity contribution in [2.75, 3.05) is 36.5 Å². The number of halogens is 2. The molecule has 116 valence electrons. The number of ether oxygens (including phenoxy) is 1. The maximum Gasteiger partial charge on any atom is 0.126 e. The second-order valence-electron chi connectivity index (χ2n) is 5.09. The monoisotopic (exact) mass is 425 g/mol. The summed E-state index contributed by atoms with van der Waals surface area (Å²) >= 11 is 6.97. The second kappa shape index (κ2) is 7.44. The summed E-state index contributed by atoms with van der Waals surface area (Å²) in [5.74, 6) is 0.874. The van der Waals surface area contributed by atoms with Crippen LogP contribution in [0.2, 0.25) is 0 Å². The third-order valence-corrected chi connectivity index (χ3v) is 4.55. The zero-order chi connectivity index (χ0) is 15.4. The maximum atomic E-state index is 5.45. The molecule has 6 heteroatoms. The molecule has 1 saturated heterocycles. The van der Waals surface area contributed by atoms with Crippen LogP contribution < -0.4 is 10.2 Å². The van der Waals surface area contributed by atoms with Crippen molar-refractivity contribution >= 4 is 43.4 Å². The van der Waals surface area contributed by atoms with Crippen LogP contribution >= 0.6 is 31.9 Å². The third kappa shape index (κ3) is 4.00. The van der Waals surface area contributed by atoms with Crippen LogP contribution in [-0.4, -0.2) is 31.3 Å².